The second-order valence-electron chi connectivity index (χ2n) is 3.73. The van der Waals surface area contributed by atoms with Crippen molar-refractivity contribution in [3.63, 3.8) is 0 Å². The Morgan fingerprint density at radius 3 is 2.53 bits per heavy atom. The molecule has 5 heteroatoms. The first kappa shape index (κ1) is 15.9. The van der Waals surface area contributed by atoms with Gasteiger partial charge >= 0.3 is 5.97 Å². The summed E-state index contributed by atoms with van der Waals surface area (Å²) in [5, 5.41) is 0. The summed E-state index contributed by atoms with van der Waals surface area (Å²) in [4.78, 5) is 23.5. The Morgan fingerprint density at radius 1 is 1.35 bits per heavy atom. The fraction of sp³-hybridized carbons (Fsp3) is 0.833. The molecule has 0 saturated carbocycles. The molecule has 0 aliphatic carbocycles. The van der Waals surface area contributed by atoms with Crippen LogP contribution in [0.25, 0.3) is 0 Å². The van der Waals surface area contributed by atoms with Crippen LogP contribution in [-0.2, 0) is 19.1 Å². The maximum Gasteiger partial charge on any atom is 0.325 e. The second kappa shape index (κ2) is 10.1. The minimum absolute atomic E-state index is 0.00629. The lowest BCUT2D eigenvalue weighted by atomic mass is 10.2. The molecule has 0 aromatic carbocycles. The number of hydrogen-bond donors (Lipinski definition) is 0. The third kappa shape index (κ3) is 7.74. The zero-order valence-corrected chi connectivity index (χ0v) is 11.0. The van der Waals surface area contributed by atoms with Gasteiger partial charge in [-0.3, -0.25) is 9.59 Å². The van der Waals surface area contributed by atoms with Crippen LogP contribution in [-0.4, -0.2) is 49.7 Å². The summed E-state index contributed by atoms with van der Waals surface area (Å²) in [6.07, 6.45) is 2.14. The van der Waals surface area contributed by atoms with Crippen LogP contribution in [0.5, 0.6) is 0 Å². The Labute approximate surface area is 103 Å². The minimum atomic E-state index is -0.378. The van der Waals surface area contributed by atoms with Gasteiger partial charge in [-0.15, -0.1) is 0 Å². The van der Waals surface area contributed by atoms with Crippen molar-refractivity contribution in [2.24, 2.45) is 0 Å². The maximum atomic E-state index is 11.5. The van der Waals surface area contributed by atoms with Gasteiger partial charge in [-0.05, 0) is 20.3 Å². The Balaban J connectivity index is 4.05. The lowest BCUT2D eigenvalue weighted by molar-refractivity contribution is -0.155. The quantitative estimate of drug-likeness (QED) is 0.429. The topological polar surface area (TPSA) is 55.8 Å². The minimum Gasteiger partial charge on any atom is -0.459 e. The molecule has 0 bridgehead atoms. The van der Waals surface area contributed by atoms with E-state index in [1.54, 1.807) is 0 Å². The molecule has 0 aliphatic heterocycles. The number of nitrogens with zero attached hydrogens (tertiary/aromatic N) is 1. The maximum absolute atomic E-state index is 11.5. The smallest absolute Gasteiger partial charge is 0.325 e. The fourth-order valence-electron chi connectivity index (χ4n) is 1.36. The summed E-state index contributed by atoms with van der Waals surface area (Å²) in [7, 11) is 0. The van der Waals surface area contributed by atoms with Crippen molar-refractivity contribution in [1.82, 2.24) is 4.90 Å². The number of esters is 1. The number of carbonyl (C=O) groups is 2. The van der Waals surface area contributed by atoms with Crippen LogP contribution in [0.15, 0.2) is 0 Å². The van der Waals surface area contributed by atoms with Crippen LogP contribution in [0.3, 0.4) is 0 Å². The van der Waals surface area contributed by atoms with E-state index >= 15 is 0 Å². The van der Waals surface area contributed by atoms with Crippen LogP contribution in [0.2, 0.25) is 0 Å². The van der Waals surface area contributed by atoms with Crippen molar-refractivity contribution in [3.05, 3.63) is 0 Å². The highest BCUT2D eigenvalue weighted by Gasteiger charge is 2.15. The molecule has 0 saturated heterocycles. The molecule has 100 valence electrons. The summed E-state index contributed by atoms with van der Waals surface area (Å²) in [5.41, 5.74) is 0. The number of hydrogen-bond acceptors (Lipinski definition) is 4. The average molecular weight is 245 g/mol. The fourth-order valence-corrected chi connectivity index (χ4v) is 1.36. The third-order valence-electron chi connectivity index (χ3n) is 2.30. The van der Waals surface area contributed by atoms with Crippen molar-refractivity contribution in [1.29, 1.82) is 0 Å². The van der Waals surface area contributed by atoms with E-state index < -0.39 is 0 Å². The molecular weight excluding hydrogens is 222 g/mol. The molecule has 0 rings (SSSR count). The first-order valence-electron chi connectivity index (χ1n) is 6.14. The van der Waals surface area contributed by atoms with Crippen LogP contribution >= 0.6 is 0 Å². The van der Waals surface area contributed by atoms with E-state index in [1.165, 1.54) is 4.90 Å². The van der Waals surface area contributed by atoms with E-state index in [0.717, 1.165) is 12.8 Å². The highest BCUT2D eigenvalue weighted by molar-refractivity contribution is 5.74. The van der Waals surface area contributed by atoms with Crippen LogP contribution in [0.4, 0.5) is 0 Å². The molecule has 0 aliphatic rings. The van der Waals surface area contributed by atoms with Crippen molar-refractivity contribution in [2.75, 3.05) is 26.3 Å². The number of rotatable bonds is 10. The Bertz CT molecular complexity index is 221. The molecule has 0 aromatic rings. The Morgan fingerprint density at radius 2 is 2.06 bits per heavy atom. The SMILES string of the molecule is CCCC(COCC)OC(=O)CN(C=O)CC. The summed E-state index contributed by atoms with van der Waals surface area (Å²) in [5.74, 6) is -0.378. The molecule has 0 fully saturated rings. The predicted molar refractivity (Wildman–Crippen MR) is 64.6 cm³/mol. The lowest BCUT2D eigenvalue weighted by Crippen LogP contribution is -2.33. The summed E-state index contributed by atoms with van der Waals surface area (Å²) in [6.45, 7) is 7.27. The third-order valence-corrected chi connectivity index (χ3v) is 2.30. The molecule has 17 heavy (non-hydrogen) atoms. The van der Waals surface area contributed by atoms with Gasteiger partial charge in [0.05, 0.1) is 6.61 Å². The normalized spacial score (nSPS) is 11.9. The first-order valence-corrected chi connectivity index (χ1v) is 6.14. The van der Waals surface area contributed by atoms with E-state index in [1.807, 2.05) is 20.8 Å². The van der Waals surface area contributed by atoms with Gasteiger partial charge in [0.15, 0.2) is 0 Å². The van der Waals surface area contributed by atoms with Crippen LogP contribution in [0, 0.1) is 0 Å². The zero-order valence-electron chi connectivity index (χ0n) is 11.0. The van der Waals surface area contributed by atoms with Crippen molar-refractivity contribution < 1.29 is 19.1 Å². The molecule has 1 atom stereocenters. The predicted octanol–water partition coefficient (Wildman–Crippen LogP) is 1.21. The summed E-state index contributed by atoms with van der Waals surface area (Å²) >= 11 is 0. The van der Waals surface area contributed by atoms with Crippen molar-refractivity contribution in [2.45, 2.75) is 39.7 Å². The molecule has 1 unspecified atom stereocenters. The summed E-state index contributed by atoms with van der Waals surface area (Å²) in [6, 6.07) is 0. The summed E-state index contributed by atoms with van der Waals surface area (Å²) < 4.78 is 10.5. The number of likely N-dealkylation sites (N-methyl/N-ethyl adjacent to an activating group) is 1. The standard InChI is InChI=1S/C12H23NO4/c1-4-7-11(9-16-6-3)17-12(15)8-13(5-2)10-14/h10-11H,4-9H2,1-3H3. The van der Waals surface area contributed by atoms with Gasteiger partial charge in [0.2, 0.25) is 6.41 Å². The van der Waals surface area contributed by atoms with E-state index in [-0.39, 0.29) is 18.6 Å². The van der Waals surface area contributed by atoms with E-state index in [4.69, 9.17) is 9.47 Å². The molecule has 0 aromatic heterocycles. The van der Waals surface area contributed by atoms with Gasteiger partial charge < -0.3 is 14.4 Å². The average Bonchev–Trinajstić information content (AvgIpc) is 2.33. The number of amides is 1. The van der Waals surface area contributed by atoms with Crippen LogP contribution < -0.4 is 0 Å². The molecular formula is C12H23NO4. The molecule has 0 radical (unpaired) electrons. The molecule has 0 N–H and O–H groups in total. The Kier molecular flexibility index (Phi) is 9.43. The highest BCUT2D eigenvalue weighted by Crippen LogP contribution is 2.04. The molecule has 0 spiro atoms. The molecule has 0 heterocycles. The van der Waals surface area contributed by atoms with Gasteiger partial charge in [0, 0.05) is 13.2 Å². The van der Waals surface area contributed by atoms with Gasteiger partial charge in [-0.25, -0.2) is 0 Å². The zero-order chi connectivity index (χ0) is 13.1. The number of carbonyl (C=O) groups excluding carboxylic acids is 2. The van der Waals surface area contributed by atoms with Crippen molar-refractivity contribution >= 4 is 12.4 Å². The van der Waals surface area contributed by atoms with E-state index in [9.17, 15) is 9.59 Å². The second-order valence-corrected chi connectivity index (χ2v) is 3.73. The first-order chi connectivity index (χ1) is 8.17. The monoisotopic (exact) mass is 245 g/mol. The molecule has 1 amide bonds. The van der Waals surface area contributed by atoms with Gasteiger partial charge in [0.1, 0.15) is 12.6 Å². The van der Waals surface area contributed by atoms with Gasteiger partial charge in [-0.1, -0.05) is 13.3 Å². The number of ether oxygens (including phenoxy) is 2. The highest BCUT2D eigenvalue weighted by atomic mass is 16.6. The molecule has 5 nitrogen and oxygen atoms in total. The van der Waals surface area contributed by atoms with Gasteiger partial charge in [-0.2, -0.15) is 0 Å². The van der Waals surface area contributed by atoms with E-state index in [0.29, 0.717) is 26.2 Å². The van der Waals surface area contributed by atoms with E-state index in [2.05, 4.69) is 0 Å². The van der Waals surface area contributed by atoms with Gasteiger partial charge in [0.25, 0.3) is 0 Å². The van der Waals surface area contributed by atoms with Crippen molar-refractivity contribution in [3.8, 4) is 0 Å². The Hall–Kier alpha value is -1.10. The lowest BCUT2D eigenvalue weighted by Gasteiger charge is -2.19. The van der Waals surface area contributed by atoms with Crippen LogP contribution in [0.1, 0.15) is 33.6 Å². The largest absolute Gasteiger partial charge is 0.459 e.